The van der Waals surface area contributed by atoms with Gasteiger partial charge in [0, 0.05) is 12.1 Å². The van der Waals surface area contributed by atoms with Gasteiger partial charge in [-0.2, -0.15) is 5.21 Å². The number of imidazole rings is 1. The molecule has 0 unspecified atom stereocenters. The van der Waals surface area contributed by atoms with Crippen molar-refractivity contribution in [2.45, 2.75) is 20.1 Å². The van der Waals surface area contributed by atoms with Gasteiger partial charge in [-0.15, -0.1) is 10.2 Å². The highest BCUT2D eigenvalue weighted by atomic mass is 35.5. The summed E-state index contributed by atoms with van der Waals surface area (Å²) in [6, 6.07) is 16.2. The summed E-state index contributed by atoms with van der Waals surface area (Å²) in [7, 11) is 0. The maximum Gasteiger partial charge on any atom is 0.205 e. The third-order valence-electron chi connectivity index (χ3n) is 4.48. The summed E-state index contributed by atoms with van der Waals surface area (Å²) >= 11 is 6.08. The van der Waals surface area contributed by atoms with Crippen molar-refractivity contribution >= 4 is 11.6 Å². The number of benzene rings is 2. The number of nitrogens with zero attached hydrogens (tertiary/aromatic N) is 5. The molecule has 0 spiro atoms. The molecule has 136 valence electrons. The topological polar surface area (TPSA) is 92.5 Å². The number of hydrogen-bond acceptors (Lipinski definition) is 5. The summed E-state index contributed by atoms with van der Waals surface area (Å²) in [5, 5.41) is 24.2. The van der Waals surface area contributed by atoms with Crippen molar-refractivity contribution in [2.75, 3.05) is 0 Å². The van der Waals surface area contributed by atoms with Crippen molar-refractivity contribution in [3.05, 3.63) is 70.8 Å². The quantitative estimate of drug-likeness (QED) is 0.554. The van der Waals surface area contributed by atoms with Crippen LogP contribution in [0.2, 0.25) is 5.15 Å². The number of aryl methyl sites for hydroxylation is 1. The van der Waals surface area contributed by atoms with Crippen LogP contribution in [0.1, 0.15) is 17.1 Å². The third-order valence-corrected chi connectivity index (χ3v) is 4.79. The molecule has 0 saturated carbocycles. The Morgan fingerprint density at radius 3 is 2.48 bits per heavy atom. The van der Waals surface area contributed by atoms with Crippen LogP contribution in [0, 0.1) is 6.92 Å². The maximum atomic E-state index is 9.54. The first-order valence-electron chi connectivity index (χ1n) is 8.42. The fourth-order valence-corrected chi connectivity index (χ4v) is 3.40. The first-order valence-corrected chi connectivity index (χ1v) is 8.79. The molecular weight excluding hydrogens is 364 g/mol. The molecule has 0 radical (unpaired) electrons. The molecule has 2 aromatic carbocycles. The van der Waals surface area contributed by atoms with Gasteiger partial charge in [0.1, 0.15) is 5.82 Å². The fourth-order valence-electron chi connectivity index (χ4n) is 3.11. The largest absolute Gasteiger partial charge is 0.390 e. The van der Waals surface area contributed by atoms with Crippen molar-refractivity contribution in [1.82, 2.24) is 30.2 Å². The number of nitrogens with one attached hydrogen (secondary N) is 1. The van der Waals surface area contributed by atoms with E-state index in [1.165, 1.54) is 0 Å². The highest BCUT2D eigenvalue weighted by Gasteiger charge is 2.13. The predicted molar refractivity (Wildman–Crippen MR) is 102 cm³/mol. The van der Waals surface area contributed by atoms with Gasteiger partial charge in [-0.05, 0) is 28.8 Å². The minimum Gasteiger partial charge on any atom is -0.390 e. The molecule has 27 heavy (non-hydrogen) atoms. The lowest BCUT2D eigenvalue weighted by Crippen LogP contribution is -2.06. The minimum absolute atomic E-state index is 0.143. The summed E-state index contributed by atoms with van der Waals surface area (Å²) < 4.78 is 1.92. The minimum atomic E-state index is -0.143. The average Bonchev–Trinajstić information content (AvgIpc) is 3.31. The molecule has 0 aliphatic heterocycles. The molecule has 8 heteroatoms. The molecule has 2 heterocycles. The fraction of sp³-hybridized carbons (Fsp3) is 0.158. The van der Waals surface area contributed by atoms with Gasteiger partial charge in [0.2, 0.25) is 5.82 Å². The molecular formula is C19H17ClN6O. The lowest BCUT2D eigenvalue weighted by Gasteiger charge is -2.11. The Labute approximate surface area is 160 Å². The molecule has 0 aliphatic carbocycles. The van der Waals surface area contributed by atoms with Crippen LogP contribution < -0.4 is 0 Å². The van der Waals surface area contributed by atoms with Crippen LogP contribution in [-0.2, 0) is 13.2 Å². The van der Waals surface area contributed by atoms with Crippen molar-refractivity contribution in [3.8, 4) is 22.5 Å². The first kappa shape index (κ1) is 17.4. The van der Waals surface area contributed by atoms with Gasteiger partial charge in [0.15, 0.2) is 5.15 Å². The van der Waals surface area contributed by atoms with Gasteiger partial charge < -0.3 is 9.67 Å². The standard InChI is InChI=1S/C19H17ClN6O/c1-12-21-18(20)17(11-27)26(12)10-13-6-8-14(9-7-13)15-4-2-3-5-16(15)19-22-24-25-23-19/h2-9,27H,10-11H2,1H3,(H,22,23,24,25). The monoisotopic (exact) mass is 380 g/mol. The number of aliphatic hydroxyl groups is 1. The number of aliphatic hydroxyl groups excluding tert-OH is 1. The Hall–Kier alpha value is -3.03. The van der Waals surface area contributed by atoms with Gasteiger partial charge in [0.25, 0.3) is 0 Å². The van der Waals surface area contributed by atoms with E-state index in [-0.39, 0.29) is 6.61 Å². The highest BCUT2D eigenvalue weighted by molar-refractivity contribution is 6.30. The molecule has 2 aromatic heterocycles. The van der Waals surface area contributed by atoms with E-state index in [0.29, 0.717) is 23.2 Å². The number of hydrogen-bond donors (Lipinski definition) is 2. The lowest BCUT2D eigenvalue weighted by atomic mass is 9.98. The van der Waals surface area contributed by atoms with E-state index in [1.54, 1.807) is 0 Å². The van der Waals surface area contributed by atoms with Gasteiger partial charge >= 0.3 is 0 Å². The van der Waals surface area contributed by atoms with Crippen molar-refractivity contribution in [3.63, 3.8) is 0 Å². The molecule has 0 amide bonds. The second-order valence-electron chi connectivity index (χ2n) is 6.12. The van der Waals surface area contributed by atoms with Crippen molar-refractivity contribution in [2.24, 2.45) is 0 Å². The van der Waals surface area contributed by atoms with E-state index in [0.717, 1.165) is 28.1 Å². The third kappa shape index (κ3) is 3.34. The Morgan fingerprint density at radius 2 is 1.81 bits per heavy atom. The van der Waals surface area contributed by atoms with Crippen LogP contribution >= 0.6 is 11.6 Å². The van der Waals surface area contributed by atoms with Crippen LogP contribution in [0.25, 0.3) is 22.5 Å². The smallest absolute Gasteiger partial charge is 0.205 e. The summed E-state index contributed by atoms with van der Waals surface area (Å²) in [5.41, 5.74) is 4.72. The van der Waals surface area contributed by atoms with Crippen LogP contribution in [0.15, 0.2) is 48.5 Å². The van der Waals surface area contributed by atoms with E-state index in [9.17, 15) is 5.11 Å². The van der Waals surface area contributed by atoms with Crippen LogP contribution in [0.4, 0.5) is 0 Å². The number of H-pyrrole nitrogens is 1. The molecule has 4 aromatic rings. The van der Waals surface area contributed by atoms with E-state index in [4.69, 9.17) is 11.6 Å². The Morgan fingerprint density at radius 1 is 1.07 bits per heavy atom. The zero-order valence-corrected chi connectivity index (χ0v) is 15.4. The van der Waals surface area contributed by atoms with E-state index < -0.39 is 0 Å². The molecule has 4 rings (SSSR count). The van der Waals surface area contributed by atoms with Gasteiger partial charge in [-0.25, -0.2) is 4.98 Å². The highest BCUT2D eigenvalue weighted by Crippen LogP contribution is 2.30. The number of halogens is 1. The first-order chi connectivity index (χ1) is 13.2. The van der Waals surface area contributed by atoms with E-state index in [1.807, 2.05) is 35.8 Å². The summed E-state index contributed by atoms with van der Waals surface area (Å²) in [4.78, 5) is 4.23. The predicted octanol–water partition coefficient (Wildman–Crippen LogP) is 3.23. The number of tetrazole rings is 1. The SMILES string of the molecule is Cc1nc(Cl)c(CO)n1Cc1ccc(-c2ccccc2-c2nn[nH]n2)cc1. The molecule has 0 fully saturated rings. The normalized spacial score (nSPS) is 11.1. The lowest BCUT2D eigenvalue weighted by molar-refractivity contribution is 0.271. The van der Waals surface area contributed by atoms with Gasteiger partial charge in [-0.3, -0.25) is 0 Å². The zero-order valence-electron chi connectivity index (χ0n) is 14.6. The average molecular weight is 381 g/mol. The van der Waals surface area contributed by atoms with E-state index in [2.05, 4.69) is 49.9 Å². The molecule has 0 bridgehead atoms. The van der Waals surface area contributed by atoms with E-state index >= 15 is 0 Å². The Bertz CT molecular complexity index is 1060. The molecule has 0 saturated heterocycles. The van der Waals surface area contributed by atoms with Crippen molar-refractivity contribution < 1.29 is 5.11 Å². The Kier molecular flexibility index (Phi) is 4.70. The molecule has 0 aliphatic rings. The number of aromatic amines is 1. The zero-order chi connectivity index (χ0) is 18.8. The Balaban J connectivity index is 1.65. The summed E-state index contributed by atoms with van der Waals surface area (Å²) in [5.74, 6) is 1.33. The second-order valence-corrected chi connectivity index (χ2v) is 6.48. The second kappa shape index (κ2) is 7.30. The van der Waals surface area contributed by atoms with Gasteiger partial charge in [0.05, 0.1) is 12.3 Å². The van der Waals surface area contributed by atoms with Crippen LogP contribution in [-0.4, -0.2) is 35.3 Å². The molecule has 0 atom stereocenters. The van der Waals surface area contributed by atoms with Gasteiger partial charge in [-0.1, -0.05) is 60.1 Å². The summed E-state index contributed by atoms with van der Waals surface area (Å²) in [6.07, 6.45) is 0. The molecule has 2 N–H and O–H groups in total. The number of rotatable bonds is 5. The maximum absolute atomic E-state index is 9.54. The van der Waals surface area contributed by atoms with Crippen LogP contribution in [0.5, 0.6) is 0 Å². The number of aromatic nitrogens is 6. The summed E-state index contributed by atoms with van der Waals surface area (Å²) in [6.45, 7) is 2.32. The van der Waals surface area contributed by atoms with Crippen molar-refractivity contribution in [1.29, 1.82) is 0 Å². The molecule has 7 nitrogen and oxygen atoms in total. The van der Waals surface area contributed by atoms with Crippen LogP contribution in [0.3, 0.4) is 0 Å².